The van der Waals surface area contributed by atoms with Gasteiger partial charge in [-0.3, -0.25) is 0 Å². The molecular formula is C29H62OSi. The van der Waals surface area contributed by atoms with Crippen LogP contribution in [0, 0.1) is 6.92 Å². The van der Waals surface area contributed by atoms with Crippen LogP contribution in [0.3, 0.4) is 0 Å². The fourth-order valence-corrected chi connectivity index (χ4v) is 5.53. The second-order valence-electron chi connectivity index (χ2n) is 7.03. The third-order valence-corrected chi connectivity index (χ3v) is 8.39. The van der Waals surface area contributed by atoms with E-state index in [0.29, 0.717) is 11.5 Å². The maximum Gasteiger partial charge on any atom is 0.193 e. The Balaban J connectivity index is -0.000000144. The highest BCUT2D eigenvalue weighted by Gasteiger charge is 2.35. The van der Waals surface area contributed by atoms with Crippen LogP contribution in [0.4, 0.5) is 0 Å². The van der Waals surface area contributed by atoms with Crippen molar-refractivity contribution in [3.63, 3.8) is 0 Å². The van der Waals surface area contributed by atoms with Crippen LogP contribution in [-0.4, -0.2) is 15.4 Å². The minimum atomic E-state index is -1.77. The topological polar surface area (TPSA) is 9.23 Å². The van der Waals surface area contributed by atoms with E-state index < -0.39 is 8.32 Å². The molecule has 0 aromatic heterocycles. The largest absolute Gasteiger partial charge is 0.420 e. The van der Waals surface area contributed by atoms with Gasteiger partial charge in [0.25, 0.3) is 0 Å². The first-order valence-electron chi connectivity index (χ1n) is 8.64. The molecule has 0 saturated heterocycles. The van der Waals surface area contributed by atoms with E-state index in [1.807, 2.05) is 7.11 Å². The predicted octanol–water partition coefficient (Wildman–Crippen LogP) is 11.1. The number of benzene rings is 2. The van der Waals surface area contributed by atoms with Gasteiger partial charge in [-0.25, -0.2) is 0 Å². The van der Waals surface area contributed by atoms with E-state index in [2.05, 4.69) is 81.5 Å². The highest BCUT2D eigenvalue weighted by atomic mass is 28.4. The maximum absolute atomic E-state index is 6.00. The third kappa shape index (κ3) is 12.9. The number of rotatable bonds is 7. The number of hydrogen-bond donors (Lipinski definition) is 0. The quantitative estimate of drug-likeness (QED) is 0.378. The molecule has 0 fully saturated rings. The van der Waals surface area contributed by atoms with Gasteiger partial charge in [0.2, 0.25) is 0 Å². The molecule has 0 spiro atoms. The zero-order valence-electron chi connectivity index (χ0n) is 15.2. The van der Waals surface area contributed by atoms with Crippen molar-refractivity contribution in [1.29, 1.82) is 0 Å². The lowest BCUT2D eigenvalue weighted by Crippen LogP contribution is -2.38. The van der Waals surface area contributed by atoms with Gasteiger partial charge < -0.3 is 4.43 Å². The highest BCUT2D eigenvalue weighted by Crippen LogP contribution is 2.38. The summed E-state index contributed by atoms with van der Waals surface area (Å²) < 4.78 is 6.00. The van der Waals surface area contributed by atoms with Crippen molar-refractivity contribution in [2.75, 3.05) is 7.11 Å². The van der Waals surface area contributed by atoms with Crippen molar-refractivity contribution >= 4 is 8.32 Å². The summed E-state index contributed by atoms with van der Waals surface area (Å²) >= 11 is 0. The van der Waals surface area contributed by atoms with Crippen molar-refractivity contribution in [1.82, 2.24) is 0 Å². The number of hydrogen-bond acceptors (Lipinski definition) is 1. The van der Waals surface area contributed by atoms with Crippen LogP contribution in [0.5, 0.6) is 0 Å². The lowest BCUT2D eigenvalue weighted by atomic mass is 9.89. The standard InChI is InChI=1S/C21H30OSi.8CH4/c1-6-18(20-14-10-11-17(2)15-20)16-21(23(4,5)22-3)19-12-8-7-9-13-19;;;;;;;;/h7-15,18,21H,6,16H2,1-5H3;8*1H4. The van der Waals surface area contributed by atoms with Gasteiger partial charge in [0.05, 0.1) is 0 Å². The second-order valence-corrected chi connectivity index (χ2v) is 11.3. The normalized spacial score (nSPS) is 10.7. The van der Waals surface area contributed by atoms with E-state index in [9.17, 15) is 0 Å². The van der Waals surface area contributed by atoms with Gasteiger partial charge in [0, 0.05) is 12.7 Å². The Labute approximate surface area is 201 Å². The van der Waals surface area contributed by atoms with Gasteiger partial charge in [-0.2, -0.15) is 0 Å². The Bertz CT molecular complexity index is 607. The molecular weight excluding hydrogens is 392 g/mol. The Morgan fingerprint density at radius 3 is 1.65 bits per heavy atom. The van der Waals surface area contributed by atoms with Crippen molar-refractivity contribution < 1.29 is 4.43 Å². The van der Waals surface area contributed by atoms with E-state index in [4.69, 9.17) is 4.43 Å². The van der Waals surface area contributed by atoms with Crippen LogP contribution >= 0.6 is 0 Å². The van der Waals surface area contributed by atoms with Gasteiger partial charge in [-0.1, -0.05) is 126 Å². The lowest BCUT2D eigenvalue weighted by Gasteiger charge is -2.34. The van der Waals surface area contributed by atoms with Crippen molar-refractivity contribution in [2.45, 2.75) is 111 Å². The molecule has 2 heteroatoms. The molecule has 188 valence electrons. The second kappa shape index (κ2) is 21.8. The molecule has 0 heterocycles. The Kier molecular flexibility index (Phi) is 33.4. The minimum absolute atomic E-state index is 0. The summed E-state index contributed by atoms with van der Waals surface area (Å²) in [6.07, 6.45) is 2.33. The van der Waals surface area contributed by atoms with Crippen molar-refractivity contribution in [3.8, 4) is 0 Å². The van der Waals surface area contributed by atoms with E-state index >= 15 is 0 Å². The summed E-state index contributed by atoms with van der Waals surface area (Å²) in [5.74, 6) is 0.585. The maximum atomic E-state index is 6.00. The van der Waals surface area contributed by atoms with E-state index in [-0.39, 0.29) is 59.4 Å². The average molecular weight is 455 g/mol. The zero-order chi connectivity index (χ0) is 16.9. The van der Waals surface area contributed by atoms with Gasteiger partial charge in [0.15, 0.2) is 8.32 Å². The van der Waals surface area contributed by atoms with E-state index in [1.165, 1.54) is 23.1 Å². The molecule has 0 aliphatic rings. The van der Waals surface area contributed by atoms with Crippen LogP contribution in [0.25, 0.3) is 0 Å². The molecule has 0 radical (unpaired) electrons. The third-order valence-electron chi connectivity index (χ3n) is 5.09. The Morgan fingerprint density at radius 1 is 0.742 bits per heavy atom. The molecule has 0 amide bonds. The lowest BCUT2D eigenvalue weighted by molar-refractivity contribution is 0.383. The minimum Gasteiger partial charge on any atom is -0.420 e. The van der Waals surface area contributed by atoms with Gasteiger partial charge in [0.1, 0.15) is 0 Å². The SMILES string of the molecule is C.C.C.C.C.C.C.C.CCC(CC(c1ccccc1)[Si](C)(C)OC)c1cccc(C)c1. The van der Waals surface area contributed by atoms with E-state index in [0.717, 1.165) is 6.42 Å². The molecule has 1 nitrogen and oxygen atoms in total. The first-order valence-corrected chi connectivity index (χ1v) is 11.6. The summed E-state index contributed by atoms with van der Waals surface area (Å²) in [6.45, 7) is 9.16. The first kappa shape index (κ1) is 47.4. The molecule has 0 aliphatic carbocycles. The summed E-state index contributed by atoms with van der Waals surface area (Å²) in [7, 11) is 0.112. The monoisotopic (exact) mass is 454 g/mol. The summed E-state index contributed by atoms with van der Waals surface area (Å²) in [5, 5.41) is 0. The fourth-order valence-electron chi connectivity index (χ4n) is 3.40. The molecule has 2 unspecified atom stereocenters. The van der Waals surface area contributed by atoms with Gasteiger partial charge in [-0.05, 0) is 49.9 Å². The number of aryl methyl sites for hydroxylation is 1. The van der Waals surface area contributed by atoms with Crippen molar-refractivity contribution in [3.05, 3.63) is 71.3 Å². The molecule has 0 saturated carbocycles. The van der Waals surface area contributed by atoms with Crippen LogP contribution in [0.15, 0.2) is 54.6 Å². The molecule has 2 rings (SSSR count). The zero-order valence-corrected chi connectivity index (χ0v) is 16.2. The molecule has 31 heavy (non-hydrogen) atoms. The van der Waals surface area contributed by atoms with Crippen LogP contribution in [0.1, 0.15) is 107 Å². The van der Waals surface area contributed by atoms with Gasteiger partial charge >= 0.3 is 0 Å². The molecule has 0 aliphatic heterocycles. The smallest absolute Gasteiger partial charge is 0.193 e. The summed E-state index contributed by atoms with van der Waals surface area (Å²) in [4.78, 5) is 0. The molecule has 0 bridgehead atoms. The predicted molar refractivity (Wildman–Crippen MR) is 156 cm³/mol. The van der Waals surface area contributed by atoms with Crippen LogP contribution in [0.2, 0.25) is 13.1 Å². The van der Waals surface area contributed by atoms with Crippen LogP contribution in [-0.2, 0) is 4.43 Å². The molecule has 0 N–H and O–H groups in total. The summed E-state index contributed by atoms with van der Waals surface area (Å²) in [6, 6.07) is 19.9. The summed E-state index contributed by atoms with van der Waals surface area (Å²) in [5.41, 5.74) is 4.76. The Morgan fingerprint density at radius 2 is 1.23 bits per heavy atom. The molecule has 2 aromatic rings. The Hall–Kier alpha value is -1.38. The average Bonchev–Trinajstić information content (AvgIpc) is 2.56. The molecule has 2 atom stereocenters. The fraction of sp³-hybridized carbons (Fsp3) is 0.586. The van der Waals surface area contributed by atoms with Crippen molar-refractivity contribution in [2.24, 2.45) is 0 Å². The first-order chi connectivity index (χ1) is 11.0. The van der Waals surface area contributed by atoms with Crippen LogP contribution < -0.4 is 0 Å². The highest BCUT2D eigenvalue weighted by molar-refractivity contribution is 6.72. The molecule has 2 aromatic carbocycles. The van der Waals surface area contributed by atoms with E-state index in [1.54, 1.807) is 0 Å². The van der Waals surface area contributed by atoms with Gasteiger partial charge in [-0.15, -0.1) is 0 Å².